The number of nitrogens with zero attached hydrogens (tertiary/aromatic N) is 4. The molecular weight excluding hydrogens is 732 g/mol. The molecule has 2 aliphatic heterocycles. The summed E-state index contributed by atoms with van der Waals surface area (Å²) < 4.78 is 17.0. The number of ether oxygens (including phenoxy) is 3. The average molecular weight is 791 g/mol. The molecule has 2 atom stereocenters. The predicted molar refractivity (Wildman–Crippen MR) is 210 cm³/mol. The van der Waals surface area contributed by atoms with Crippen molar-refractivity contribution in [3.8, 4) is 5.75 Å². The Morgan fingerprint density at radius 1 is 0.877 bits per heavy atom. The third kappa shape index (κ3) is 11.1. The molecule has 2 aliphatic carbocycles. The van der Waals surface area contributed by atoms with E-state index >= 15 is 0 Å². The third-order valence-electron chi connectivity index (χ3n) is 11.6. The van der Waals surface area contributed by atoms with Crippen LogP contribution in [0.25, 0.3) is 10.9 Å². The molecule has 57 heavy (non-hydrogen) atoms. The fourth-order valence-corrected chi connectivity index (χ4v) is 7.89. The summed E-state index contributed by atoms with van der Waals surface area (Å²) in [6, 6.07) is 5.49. The lowest BCUT2D eigenvalue weighted by atomic mass is 9.93. The molecule has 2 saturated heterocycles. The number of aryl methyl sites for hydroxylation is 1. The number of nitrogens with one attached hydrogen (secondary N) is 2. The lowest BCUT2D eigenvalue weighted by Crippen LogP contribution is -2.56. The van der Waals surface area contributed by atoms with Gasteiger partial charge in [-0.1, -0.05) is 32.3 Å². The van der Waals surface area contributed by atoms with Crippen LogP contribution in [0.4, 0.5) is 4.79 Å². The van der Waals surface area contributed by atoms with Crippen molar-refractivity contribution < 1.29 is 43.0 Å². The van der Waals surface area contributed by atoms with Crippen molar-refractivity contribution in [3.63, 3.8) is 0 Å². The summed E-state index contributed by atoms with van der Waals surface area (Å²) in [6.45, 7) is 5.72. The minimum atomic E-state index is -1.08. The molecule has 0 unspecified atom stereocenters. The second-order valence-corrected chi connectivity index (χ2v) is 15.9. The summed E-state index contributed by atoms with van der Waals surface area (Å²) in [5.74, 6) is -1.33. The van der Waals surface area contributed by atoms with Gasteiger partial charge in [0, 0.05) is 56.6 Å². The zero-order chi connectivity index (χ0) is 40.3. The number of likely N-dealkylation sites (tertiary alicyclic amines) is 1. The zero-order valence-corrected chi connectivity index (χ0v) is 33.4. The number of hydrogen-bond donors (Lipinski definition) is 2. The van der Waals surface area contributed by atoms with Gasteiger partial charge in [-0.3, -0.25) is 24.0 Å². The molecule has 5 amide bonds. The molecular formula is C42H58N6O9. The van der Waals surface area contributed by atoms with Crippen LogP contribution in [0.3, 0.4) is 0 Å². The SMILES string of the molecule is CCCCOC(=O)N1CCN(C(=O)[C@H](CCC(=O)OCC2CCCC2)NC(=O)c2cc(OCC(=O)N3CCC[C@H]3C(=O)NC3CCC3)c3ccc(C)cc3n2)CC1. The van der Waals surface area contributed by atoms with E-state index in [0.717, 1.165) is 69.8 Å². The molecule has 4 fully saturated rings. The monoisotopic (exact) mass is 790 g/mol. The van der Waals surface area contributed by atoms with Crippen LogP contribution in [0, 0.1) is 12.8 Å². The highest BCUT2D eigenvalue weighted by Gasteiger charge is 2.36. The first-order chi connectivity index (χ1) is 27.6. The molecule has 1 aromatic heterocycles. The first-order valence-corrected chi connectivity index (χ1v) is 20.9. The quantitative estimate of drug-likeness (QED) is 0.185. The van der Waals surface area contributed by atoms with Crippen molar-refractivity contribution in [3.05, 3.63) is 35.5 Å². The van der Waals surface area contributed by atoms with Crippen molar-refractivity contribution in [2.75, 3.05) is 52.5 Å². The predicted octanol–water partition coefficient (Wildman–Crippen LogP) is 4.27. The van der Waals surface area contributed by atoms with Crippen LogP contribution >= 0.6 is 0 Å². The number of aromatic nitrogens is 1. The zero-order valence-electron chi connectivity index (χ0n) is 33.4. The number of rotatable bonds is 16. The Balaban J connectivity index is 1.14. The number of amides is 5. The van der Waals surface area contributed by atoms with Gasteiger partial charge in [0.2, 0.25) is 11.8 Å². The average Bonchev–Trinajstić information content (AvgIpc) is 3.92. The smallest absolute Gasteiger partial charge is 0.409 e. The van der Waals surface area contributed by atoms with Gasteiger partial charge in [-0.2, -0.15) is 0 Å². The standard InChI is InChI=1S/C42H58N6O9/c1-3-4-23-55-42(54)47-21-19-46(20-22-47)41(53)32(16-17-38(50)57-26-29-9-5-6-10-29)45-39(51)34-25-36(31-15-14-28(2)24-33(31)44-34)56-27-37(49)48-18-8-13-35(48)40(52)43-30-11-7-12-30/h14-15,24-25,29-30,32,35H,3-13,16-23,26-27H2,1-2H3,(H,43,52)(H,45,51)/t32-,35-/m0/s1. The highest BCUT2D eigenvalue weighted by Crippen LogP contribution is 2.28. The Hall–Kier alpha value is -4.95. The normalized spacial score (nSPS) is 19.2. The first kappa shape index (κ1) is 41.7. The molecule has 4 aliphatic rings. The van der Waals surface area contributed by atoms with E-state index in [-0.39, 0.29) is 80.8 Å². The number of pyridine rings is 1. The van der Waals surface area contributed by atoms with Crippen LogP contribution in [0.2, 0.25) is 0 Å². The van der Waals surface area contributed by atoms with E-state index in [1.165, 1.54) is 6.07 Å². The van der Waals surface area contributed by atoms with Crippen LogP contribution in [0.15, 0.2) is 24.3 Å². The van der Waals surface area contributed by atoms with E-state index in [2.05, 4.69) is 15.6 Å². The van der Waals surface area contributed by atoms with Gasteiger partial charge in [0.1, 0.15) is 23.5 Å². The molecule has 15 nitrogen and oxygen atoms in total. The number of benzene rings is 1. The van der Waals surface area contributed by atoms with Crippen molar-refractivity contribution >= 4 is 46.6 Å². The fraction of sp³-hybridized carbons (Fsp3) is 0.643. The Kier molecular flexibility index (Phi) is 14.6. The van der Waals surface area contributed by atoms with Crippen molar-refractivity contribution in [1.29, 1.82) is 0 Å². The topological polar surface area (TPSA) is 177 Å². The van der Waals surface area contributed by atoms with Crippen molar-refractivity contribution in [2.24, 2.45) is 5.92 Å². The van der Waals surface area contributed by atoms with Crippen LogP contribution < -0.4 is 15.4 Å². The summed E-state index contributed by atoms with van der Waals surface area (Å²) in [4.78, 5) is 89.2. The Bertz CT molecular complexity index is 1770. The van der Waals surface area contributed by atoms with E-state index < -0.39 is 30.1 Å². The molecule has 2 aromatic rings. The van der Waals surface area contributed by atoms with Crippen LogP contribution in [0.5, 0.6) is 5.75 Å². The Morgan fingerprint density at radius 3 is 2.35 bits per heavy atom. The number of piperazine rings is 1. The van der Waals surface area contributed by atoms with Gasteiger partial charge in [-0.15, -0.1) is 0 Å². The second-order valence-electron chi connectivity index (χ2n) is 15.9. The van der Waals surface area contributed by atoms with Gasteiger partial charge in [-0.05, 0) is 88.3 Å². The van der Waals surface area contributed by atoms with Gasteiger partial charge >= 0.3 is 12.1 Å². The lowest BCUT2D eigenvalue weighted by molar-refractivity contribution is -0.145. The molecule has 0 spiro atoms. The molecule has 310 valence electrons. The number of hydrogen-bond acceptors (Lipinski definition) is 10. The number of unbranched alkanes of at least 4 members (excludes halogenated alkanes) is 1. The summed E-state index contributed by atoms with van der Waals surface area (Å²) >= 11 is 0. The molecule has 1 aromatic carbocycles. The van der Waals surface area contributed by atoms with Crippen molar-refractivity contribution in [1.82, 2.24) is 30.3 Å². The Morgan fingerprint density at radius 2 is 1.63 bits per heavy atom. The first-order valence-electron chi connectivity index (χ1n) is 20.9. The van der Waals surface area contributed by atoms with Gasteiger partial charge in [0.05, 0.1) is 18.7 Å². The molecule has 15 heteroatoms. The fourth-order valence-electron chi connectivity index (χ4n) is 7.89. The van der Waals surface area contributed by atoms with E-state index in [1.807, 2.05) is 26.0 Å². The summed E-state index contributed by atoms with van der Waals surface area (Å²) in [7, 11) is 0. The lowest BCUT2D eigenvalue weighted by Gasteiger charge is -2.36. The minimum Gasteiger partial charge on any atom is -0.483 e. The highest BCUT2D eigenvalue weighted by atomic mass is 16.6. The third-order valence-corrected chi connectivity index (χ3v) is 11.6. The number of carbonyl (C=O) groups is 6. The largest absolute Gasteiger partial charge is 0.483 e. The molecule has 3 heterocycles. The maximum Gasteiger partial charge on any atom is 0.409 e. The number of fused-ring (bicyclic) bond motifs is 1. The van der Waals surface area contributed by atoms with Crippen LogP contribution in [0.1, 0.15) is 106 Å². The molecule has 0 radical (unpaired) electrons. The maximum atomic E-state index is 14.0. The van der Waals surface area contributed by atoms with Gasteiger partial charge in [-0.25, -0.2) is 9.78 Å². The summed E-state index contributed by atoms with van der Waals surface area (Å²) in [5.41, 5.74) is 1.32. The minimum absolute atomic E-state index is 0.00320. The van der Waals surface area contributed by atoms with E-state index in [1.54, 1.807) is 20.8 Å². The van der Waals surface area contributed by atoms with Gasteiger partial charge in [0.25, 0.3) is 11.8 Å². The van der Waals surface area contributed by atoms with E-state index in [0.29, 0.717) is 43.0 Å². The molecule has 2 N–H and O–H groups in total. The number of carbonyl (C=O) groups excluding carboxylic acids is 6. The van der Waals surface area contributed by atoms with Gasteiger partial charge < -0.3 is 39.5 Å². The van der Waals surface area contributed by atoms with E-state index in [9.17, 15) is 28.8 Å². The molecule has 2 saturated carbocycles. The second kappa shape index (κ2) is 20.0. The summed E-state index contributed by atoms with van der Waals surface area (Å²) in [5, 5.41) is 6.48. The molecule has 6 rings (SSSR count). The van der Waals surface area contributed by atoms with Crippen molar-refractivity contribution in [2.45, 2.75) is 115 Å². The maximum absolute atomic E-state index is 14.0. The van der Waals surface area contributed by atoms with E-state index in [4.69, 9.17) is 14.2 Å². The van der Waals surface area contributed by atoms with Crippen LogP contribution in [-0.4, -0.2) is 126 Å². The van der Waals surface area contributed by atoms with Crippen LogP contribution in [-0.2, 0) is 28.7 Å². The number of esters is 1. The van der Waals surface area contributed by atoms with Gasteiger partial charge in [0.15, 0.2) is 6.61 Å². The molecule has 0 bridgehead atoms. The Labute approximate surface area is 334 Å². The highest BCUT2D eigenvalue weighted by molar-refractivity contribution is 5.99. The summed E-state index contributed by atoms with van der Waals surface area (Å²) in [6.07, 6.45) is 9.78.